The van der Waals surface area contributed by atoms with E-state index in [1.165, 1.54) is 0 Å². The summed E-state index contributed by atoms with van der Waals surface area (Å²) >= 11 is 0. The SMILES string of the molecule is CC[C@H](CC(=O)NCC(CC(C)C)C(=O)O)NC(=O)OCC1c2ccccc2-c2ccccc21. The highest BCUT2D eigenvalue weighted by Gasteiger charge is 2.29. The average molecular weight is 467 g/mol. The summed E-state index contributed by atoms with van der Waals surface area (Å²) in [5.74, 6) is -1.65. The van der Waals surface area contributed by atoms with E-state index >= 15 is 0 Å². The molecule has 0 aliphatic heterocycles. The molecule has 34 heavy (non-hydrogen) atoms. The number of fused-ring (bicyclic) bond motifs is 3. The number of carbonyl (C=O) groups is 3. The Balaban J connectivity index is 1.51. The minimum absolute atomic E-state index is 0.0320. The third kappa shape index (κ3) is 6.37. The van der Waals surface area contributed by atoms with E-state index < -0.39 is 24.0 Å². The molecule has 3 N–H and O–H groups in total. The van der Waals surface area contributed by atoms with Crippen molar-refractivity contribution in [1.29, 1.82) is 0 Å². The van der Waals surface area contributed by atoms with Crippen LogP contribution in [0.1, 0.15) is 57.1 Å². The van der Waals surface area contributed by atoms with Crippen molar-refractivity contribution in [1.82, 2.24) is 10.6 Å². The molecule has 0 spiro atoms. The number of aliphatic carboxylic acids is 1. The second-order valence-electron chi connectivity index (χ2n) is 9.25. The normalized spacial score (nSPS) is 14.1. The summed E-state index contributed by atoms with van der Waals surface area (Å²) in [7, 11) is 0. The molecule has 0 fully saturated rings. The largest absolute Gasteiger partial charge is 0.481 e. The van der Waals surface area contributed by atoms with Gasteiger partial charge in [0.1, 0.15) is 6.61 Å². The quantitative estimate of drug-likeness (QED) is 0.450. The minimum atomic E-state index is -0.919. The molecule has 0 radical (unpaired) electrons. The van der Waals surface area contributed by atoms with E-state index in [9.17, 15) is 19.5 Å². The van der Waals surface area contributed by atoms with Gasteiger partial charge in [0.25, 0.3) is 0 Å². The van der Waals surface area contributed by atoms with Gasteiger partial charge >= 0.3 is 12.1 Å². The molecule has 2 amide bonds. The fourth-order valence-corrected chi connectivity index (χ4v) is 4.48. The molecule has 7 nitrogen and oxygen atoms in total. The van der Waals surface area contributed by atoms with Gasteiger partial charge in [0.05, 0.1) is 5.92 Å². The van der Waals surface area contributed by atoms with Gasteiger partial charge in [-0.1, -0.05) is 69.3 Å². The van der Waals surface area contributed by atoms with Gasteiger partial charge in [-0.3, -0.25) is 9.59 Å². The van der Waals surface area contributed by atoms with Crippen LogP contribution < -0.4 is 10.6 Å². The van der Waals surface area contributed by atoms with Crippen molar-refractivity contribution in [2.24, 2.45) is 11.8 Å². The number of carboxylic acids is 1. The summed E-state index contributed by atoms with van der Waals surface area (Å²) in [6, 6.07) is 15.9. The highest BCUT2D eigenvalue weighted by Crippen LogP contribution is 2.44. The number of amides is 2. The summed E-state index contributed by atoms with van der Waals surface area (Å²) in [4.78, 5) is 36.2. The van der Waals surface area contributed by atoms with Gasteiger partial charge in [-0.2, -0.15) is 0 Å². The van der Waals surface area contributed by atoms with Crippen LogP contribution in [0.2, 0.25) is 0 Å². The number of ether oxygens (including phenoxy) is 1. The lowest BCUT2D eigenvalue weighted by atomic mass is 9.97. The van der Waals surface area contributed by atoms with E-state index in [-0.39, 0.29) is 37.3 Å². The predicted octanol–water partition coefficient (Wildman–Crippen LogP) is 4.56. The Morgan fingerprint density at radius 2 is 1.59 bits per heavy atom. The van der Waals surface area contributed by atoms with Crippen LogP contribution in [0.3, 0.4) is 0 Å². The van der Waals surface area contributed by atoms with Crippen molar-refractivity contribution in [2.75, 3.05) is 13.2 Å². The monoisotopic (exact) mass is 466 g/mol. The maximum Gasteiger partial charge on any atom is 0.407 e. The second kappa shape index (κ2) is 11.7. The number of carbonyl (C=O) groups excluding carboxylic acids is 2. The summed E-state index contributed by atoms with van der Waals surface area (Å²) < 4.78 is 5.57. The Morgan fingerprint density at radius 1 is 1.00 bits per heavy atom. The lowest BCUT2D eigenvalue weighted by Gasteiger charge is -2.20. The lowest BCUT2D eigenvalue weighted by molar-refractivity contribution is -0.142. The van der Waals surface area contributed by atoms with E-state index in [0.717, 1.165) is 22.3 Å². The first-order valence-electron chi connectivity index (χ1n) is 11.9. The fraction of sp³-hybridized carbons (Fsp3) is 0.444. The molecule has 1 aliphatic carbocycles. The van der Waals surface area contributed by atoms with Crippen LogP contribution in [-0.4, -0.2) is 42.3 Å². The topological polar surface area (TPSA) is 105 Å². The van der Waals surface area contributed by atoms with E-state index in [0.29, 0.717) is 12.8 Å². The maximum absolute atomic E-state index is 12.5. The lowest BCUT2D eigenvalue weighted by Crippen LogP contribution is -2.41. The predicted molar refractivity (Wildman–Crippen MR) is 130 cm³/mol. The summed E-state index contributed by atoms with van der Waals surface area (Å²) in [6.07, 6.45) is 0.538. The Hall–Kier alpha value is -3.35. The van der Waals surface area contributed by atoms with Gasteiger partial charge in [0.15, 0.2) is 0 Å². The van der Waals surface area contributed by atoms with Crippen molar-refractivity contribution in [2.45, 2.75) is 52.0 Å². The van der Waals surface area contributed by atoms with Crippen molar-refractivity contribution in [3.63, 3.8) is 0 Å². The Labute approximate surface area is 200 Å². The Kier molecular flexibility index (Phi) is 8.68. The molecule has 3 rings (SSSR count). The second-order valence-corrected chi connectivity index (χ2v) is 9.25. The van der Waals surface area contributed by atoms with Crippen LogP contribution in [0.15, 0.2) is 48.5 Å². The minimum Gasteiger partial charge on any atom is -0.481 e. The molecule has 0 saturated carbocycles. The number of rotatable bonds is 11. The van der Waals surface area contributed by atoms with E-state index in [4.69, 9.17) is 4.74 Å². The molecule has 0 bridgehead atoms. The average Bonchev–Trinajstić information content (AvgIpc) is 3.13. The molecule has 0 aromatic heterocycles. The number of carboxylic acid groups (broad SMARTS) is 1. The number of hydrogen-bond donors (Lipinski definition) is 3. The molecular weight excluding hydrogens is 432 g/mol. The first-order chi connectivity index (χ1) is 16.3. The van der Waals surface area contributed by atoms with Gasteiger partial charge in [-0.05, 0) is 41.0 Å². The van der Waals surface area contributed by atoms with E-state index in [1.54, 1.807) is 0 Å². The summed E-state index contributed by atoms with van der Waals surface area (Å²) in [5.41, 5.74) is 4.59. The molecule has 1 unspecified atom stereocenters. The van der Waals surface area contributed by atoms with Crippen molar-refractivity contribution >= 4 is 18.0 Å². The van der Waals surface area contributed by atoms with Crippen LogP contribution in [-0.2, 0) is 14.3 Å². The standard InChI is InChI=1S/C27H34N2O5/c1-4-19(14-25(30)28-15-18(26(31)32)13-17(2)3)29-27(33)34-16-24-22-11-7-5-9-20(22)21-10-6-8-12-23(21)24/h5-12,17-19,24H,4,13-16H2,1-3H3,(H,28,30)(H,29,33)(H,31,32)/t18?,19-/m1/s1. The zero-order valence-corrected chi connectivity index (χ0v) is 20.0. The van der Waals surface area contributed by atoms with Gasteiger partial charge in [-0.15, -0.1) is 0 Å². The number of alkyl carbamates (subject to hydrolysis) is 1. The van der Waals surface area contributed by atoms with Crippen LogP contribution in [0.4, 0.5) is 4.79 Å². The Morgan fingerprint density at radius 3 is 2.12 bits per heavy atom. The molecule has 182 valence electrons. The molecule has 1 aliphatic rings. The number of benzene rings is 2. The summed E-state index contributed by atoms with van der Waals surface area (Å²) in [5, 5.41) is 14.8. The number of hydrogen-bond acceptors (Lipinski definition) is 4. The smallest absolute Gasteiger partial charge is 0.407 e. The first kappa shape index (κ1) is 25.3. The van der Waals surface area contributed by atoms with Crippen molar-refractivity contribution < 1.29 is 24.2 Å². The van der Waals surface area contributed by atoms with Crippen LogP contribution >= 0.6 is 0 Å². The third-order valence-corrected chi connectivity index (χ3v) is 6.24. The molecular formula is C27H34N2O5. The molecule has 2 atom stereocenters. The van der Waals surface area contributed by atoms with E-state index in [1.807, 2.05) is 45.0 Å². The summed E-state index contributed by atoms with van der Waals surface area (Å²) in [6.45, 7) is 6.05. The number of nitrogens with one attached hydrogen (secondary N) is 2. The van der Waals surface area contributed by atoms with Crippen molar-refractivity contribution in [3.8, 4) is 11.1 Å². The van der Waals surface area contributed by atoms with E-state index in [2.05, 4.69) is 34.9 Å². The highest BCUT2D eigenvalue weighted by atomic mass is 16.5. The molecule has 0 heterocycles. The molecule has 2 aromatic rings. The molecule has 2 aromatic carbocycles. The molecule has 7 heteroatoms. The zero-order valence-electron chi connectivity index (χ0n) is 20.0. The first-order valence-corrected chi connectivity index (χ1v) is 11.9. The van der Waals surface area contributed by atoms with Gasteiger partial charge < -0.3 is 20.5 Å². The Bertz CT molecular complexity index is 974. The highest BCUT2D eigenvalue weighted by molar-refractivity contribution is 5.80. The van der Waals surface area contributed by atoms with Crippen LogP contribution in [0, 0.1) is 11.8 Å². The van der Waals surface area contributed by atoms with Gasteiger partial charge in [-0.25, -0.2) is 4.79 Å². The van der Waals surface area contributed by atoms with Gasteiger partial charge in [0.2, 0.25) is 5.91 Å². The molecule has 0 saturated heterocycles. The fourth-order valence-electron chi connectivity index (χ4n) is 4.48. The van der Waals surface area contributed by atoms with Crippen LogP contribution in [0.25, 0.3) is 11.1 Å². The van der Waals surface area contributed by atoms with Crippen molar-refractivity contribution in [3.05, 3.63) is 59.7 Å². The third-order valence-electron chi connectivity index (χ3n) is 6.24. The zero-order chi connectivity index (χ0) is 24.7. The van der Waals surface area contributed by atoms with Crippen LogP contribution in [0.5, 0.6) is 0 Å². The van der Waals surface area contributed by atoms with Gasteiger partial charge in [0, 0.05) is 24.9 Å². The maximum atomic E-state index is 12.5.